The van der Waals surface area contributed by atoms with E-state index >= 15 is 0 Å². The van der Waals surface area contributed by atoms with E-state index < -0.39 is 8.32 Å². The summed E-state index contributed by atoms with van der Waals surface area (Å²) < 4.78 is 6.46. The molecule has 0 aromatic carbocycles. The van der Waals surface area contributed by atoms with Crippen molar-refractivity contribution >= 4 is 8.32 Å². The molecule has 0 heterocycles. The van der Waals surface area contributed by atoms with E-state index in [1.165, 1.54) is 57.8 Å². The highest BCUT2D eigenvalue weighted by molar-refractivity contribution is 6.72. The molecule has 1 aliphatic carbocycles. The van der Waals surface area contributed by atoms with Gasteiger partial charge >= 0.3 is 0 Å². The van der Waals surface area contributed by atoms with Gasteiger partial charge in [-0.15, -0.1) is 0 Å². The first-order valence-corrected chi connectivity index (χ1v) is 11.2. The Labute approximate surface area is 116 Å². The Morgan fingerprint density at radius 2 is 1.78 bits per heavy atom. The molecular weight excluding hydrogens is 236 g/mol. The van der Waals surface area contributed by atoms with E-state index in [0.717, 1.165) is 18.1 Å². The van der Waals surface area contributed by atoms with E-state index in [4.69, 9.17) is 4.43 Å². The highest BCUT2D eigenvalue weighted by Gasteiger charge is 2.34. The van der Waals surface area contributed by atoms with Crippen LogP contribution in [0.5, 0.6) is 0 Å². The Hall–Kier alpha value is 0.177. The van der Waals surface area contributed by atoms with Crippen LogP contribution < -0.4 is 0 Å². The SMILES string of the molecule is CCCCC(CC)CO[Si](C)(C)C1CCCCC1. The molecule has 0 bridgehead atoms. The highest BCUT2D eigenvalue weighted by atomic mass is 28.4. The van der Waals surface area contributed by atoms with Crippen LogP contribution in [0.3, 0.4) is 0 Å². The normalized spacial score (nSPS) is 20.0. The van der Waals surface area contributed by atoms with Crippen molar-refractivity contribution in [1.29, 1.82) is 0 Å². The largest absolute Gasteiger partial charge is 0.417 e. The number of rotatable bonds is 8. The van der Waals surface area contributed by atoms with Gasteiger partial charge in [-0.25, -0.2) is 0 Å². The van der Waals surface area contributed by atoms with Gasteiger partial charge in [-0.3, -0.25) is 0 Å². The quantitative estimate of drug-likeness (QED) is 0.510. The van der Waals surface area contributed by atoms with E-state index in [9.17, 15) is 0 Å². The predicted molar refractivity (Wildman–Crippen MR) is 83.6 cm³/mol. The lowest BCUT2D eigenvalue weighted by molar-refractivity contribution is 0.215. The van der Waals surface area contributed by atoms with Gasteiger partial charge in [0.05, 0.1) is 0 Å². The first-order chi connectivity index (χ1) is 8.60. The van der Waals surface area contributed by atoms with Gasteiger partial charge in [0.25, 0.3) is 0 Å². The topological polar surface area (TPSA) is 9.23 Å². The fourth-order valence-electron chi connectivity index (χ4n) is 3.15. The second-order valence-corrected chi connectivity index (χ2v) is 11.0. The molecule has 1 fully saturated rings. The predicted octanol–water partition coefficient (Wildman–Crippen LogP) is 5.76. The monoisotopic (exact) mass is 270 g/mol. The number of hydrogen-bond acceptors (Lipinski definition) is 1. The minimum absolute atomic E-state index is 0.806. The van der Waals surface area contributed by atoms with Crippen LogP contribution >= 0.6 is 0 Å². The standard InChI is InChI=1S/C16H34OSi/c1-5-7-11-15(6-2)14-17-18(3,4)16-12-9-8-10-13-16/h15-16H,5-14H2,1-4H3. The molecule has 0 N–H and O–H groups in total. The zero-order valence-corrected chi connectivity index (χ0v) is 14.1. The smallest absolute Gasteiger partial charge is 0.189 e. The van der Waals surface area contributed by atoms with E-state index in [1.807, 2.05) is 0 Å². The van der Waals surface area contributed by atoms with Crippen LogP contribution in [0.1, 0.15) is 71.6 Å². The summed E-state index contributed by atoms with van der Waals surface area (Å²) in [4.78, 5) is 0. The molecule has 0 aromatic rings. The van der Waals surface area contributed by atoms with Gasteiger partial charge in [0.2, 0.25) is 0 Å². The minimum atomic E-state index is -1.42. The van der Waals surface area contributed by atoms with Crippen LogP contribution in [-0.2, 0) is 4.43 Å². The van der Waals surface area contributed by atoms with Crippen molar-refractivity contribution in [2.75, 3.05) is 6.61 Å². The molecule has 1 aliphatic rings. The Balaban J connectivity index is 2.33. The summed E-state index contributed by atoms with van der Waals surface area (Å²) in [5, 5.41) is 0. The van der Waals surface area contributed by atoms with Gasteiger partial charge in [0.1, 0.15) is 0 Å². The van der Waals surface area contributed by atoms with Crippen molar-refractivity contribution in [1.82, 2.24) is 0 Å². The van der Waals surface area contributed by atoms with Crippen molar-refractivity contribution < 1.29 is 4.43 Å². The Morgan fingerprint density at radius 3 is 2.33 bits per heavy atom. The summed E-state index contributed by atoms with van der Waals surface area (Å²) in [5.41, 5.74) is 0.926. The van der Waals surface area contributed by atoms with Gasteiger partial charge in [0, 0.05) is 6.61 Å². The third-order valence-electron chi connectivity index (χ3n) is 4.82. The summed E-state index contributed by atoms with van der Waals surface area (Å²) in [5.74, 6) is 0.806. The lowest BCUT2D eigenvalue weighted by Gasteiger charge is -2.36. The molecule has 18 heavy (non-hydrogen) atoms. The molecule has 1 rings (SSSR count). The molecule has 1 atom stereocenters. The average Bonchev–Trinajstić information content (AvgIpc) is 2.40. The zero-order valence-electron chi connectivity index (χ0n) is 13.1. The van der Waals surface area contributed by atoms with E-state index in [1.54, 1.807) is 0 Å². The van der Waals surface area contributed by atoms with Crippen LogP contribution in [-0.4, -0.2) is 14.9 Å². The fraction of sp³-hybridized carbons (Fsp3) is 1.00. The van der Waals surface area contributed by atoms with Crippen LogP contribution in [0.15, 0.2) is 0 Å². The zero-order chi connectivity index (χ0) is 13.4. The maximum atomic E-state index is 6.46. The van der Waals surface area contributed by atoms with Gasteiger partial charge < -0.3 is 4.43 Å². The molecule has 0 amide bonds. The van der Waals surface area contributed by atoms with Crippen molar-refractivity contribution in [2.24, 2.45) is 5.92 Å². The maximum absolute atomic E-state index is 6.46. The first-order valence-electron chi connectivity index (χ1n) is 8.24. The second-order valence-electron chi connectivity index (χ2n) is 6.67. The van der Waals surface area contributed by atoms with Crippen molar-refractivity contribution in [3.05, 3.63) is 0 Å². The molecule has 108 valence electrons. The highest BCUT2D eigenvalue weighted by Crippen LogP contribution is 2.37. The van der Waals surface area contributed by atoms with E-state index in [2.05, 4.69) is 26.9 Å². The van der Waals surface area contributed by atoms with Gasteiger partial charge in [-0.2, -0.15) is 0 Å². The number of unbranched alkanes of at least 4 members (excludes halogenated alkanes) is 1. The van der Waals surface area contributed by atoms with E-state index in [0.29, 0.717) is 0 Å². The summed E-state index contributed by atoms with van der Waals surface area (Å²) >= 11 is 0. The van der Waals surface area contributed by atoms with Crippen molar-refractivity contribution in [2.45, 2.75) is 90.3 Å². The maximum Gasteiger partial charge on any atom is 0.189 e. The van der Waals surface area contributed by atoms with Crippen molar-refractivity contribution in [3.8, 4) is 0 Å². The summed E-state index contributed by atoms with van der Waals surface area (Å²) in [6.45, 7) is 10.5. The molecule has 1 nitrogen and oxygen atoms in total. The first kappa shape index (κ1) is 16.2. The molecule has 0 aliphatic heterocycles. The molecule has 2 heteroatoms. The Bertz CT molecular complexity index is 209. The summed E-state index contributed by atoms with van der Waals surface area (Å²) in [7, 11) is -1.42. The lowest BCUT2D eigenvalue weighted by atomic mass is 10.0. The van der Waals surface area contributed by atoms with Gasteiger partial charge in [-0.1, -0.05) is 65.2 Å². The molecule has 1 unspecified atom stereocenters. The molecule has 0 saturated heterocycles. The second kappa shape index (κ2) is 8.37. The van der Waals surface area contributed by atoms with Gasteiger partial charge in [-0.05, 0) is 31.0 Å². The Kier molecular flexibility index (Phi) is 7.55. The van der Waals surface area contributed by atoms with Crippen LogP contribution in [0.25, 0.3) is 0 Å². The molecule has 1 saturated carbocycles. The third kappa shape index (κ3) is 5.44. The van der Waals surface area contributed by atoms with Crippen LogP contribution in [0.2, 0.25) is 18.6 Å². The van der Waals surface area contributed by atoms with Gasteiger partial charge in [0.15, 0.2) is 8.32 Å². The van der Waals surface area contributed by atoms with Crippen molar-refractivity contribution in [3.63, 3.8) is 0 Å². The minimum Gasteiger partial charge on any atom is -0.417 e. The number of hydrogen-bond donors (Lipinski definition) is 0. The van der Waals surface area contributed by atoms with Crippen LogP contribution in [0, 0.1) is 5.92 Å². The van der Waals surface area contributed by atoms with Crippen LogP contribution in [0.4, 0.5) is 0 Å². The summed E-state index contributed by atoms with van der Waals surface area (Å²) in [6, 6.07) is 0. The molecular formula is C16H34OSi. The summed E-state index contributed by atoms with van der Waals surface area (Å²) in [6.07, 6.45) is 12.5. The fourth-order valence-corrected chi connectivity index (χ4v) is 5.85. The Morgan fingerprint density at radius 1 is 1.11 bits per heavy atom. The molecule has 0 spiro atoms. The van der Waals surface area contributed by atoms with E-state index in [-0.39, 0.29) is 0 Å². The third-order valence-corrected chi connectivity index (χ3v) is 8.28. The molecule has 0 aromatic heterocycles. The molecule has 0 radical (unpaired) electrons. The lowest BCUT2D eigenvalue weighted by Crippen LogP contribution is -2.39. The average molecular weight is 271 g/mol.